The summed E-state index contributed by atoms with van der Waals surface area (Å²) in [4.78, 5) is 17.2. The lowest BCUT2D eigenvalue weighted by Crippen LogP contribution is -2.49. The molecule has 1 aromatic heterocycles. The fraction of sp³-hybridized carbons (Fsp3) is 0.500. The molecule has 1 aromatic carbocycles. The number of carbonyl (C=O) groups excluding carboxylic acids is 1. The molecule has 4 rings (SSSR count). The van der Waals surface area contributed by atoms with Crippen molar-refractivity contribution in [2.45, 2.75) is 32.2 Å². The maximum atomic E-state index is 12.7. The number of hydrogen-bond acceptors (Lipinski definition) is 2. The summed E-state index contributed by atoms with van der Waals surface area (Å²) in [6, 6.07) is 8.83. The molecule has 124 valence electrons. The molecule has 5 heteroatoms. The highest BCUT2D eigenvalue weighted by molar-refractivity contribution is 5.96. The predicted molar refractivity (Wildman–Crippen MR) is 95.5 cm³/mol. The van der Waals surface area contributed by atoms with Gasteiger partial charge in [0.1, 0.15) is 0 Å². The van der Waals surface area contributed by atoms with Gasteiger partial charge in [0, 0.05) is 25.5 Å². The van der Waals surface area contributed by atoms with Crippen molar-refractivity contribution in [1.82, 2.24) is 14.4 Å². The Morgan fingerprint density at radius 1 is 1.26 bits per heavy atom. The molecule has 0 radical (unpaired) electrons. The van der Waals surface area contributed by atoms with Crippen LogP contribution in [0.15, 0.2) is 24.3 Å². The molecule has 1 amide bonds. The van der Waals surface area contributed by atoms with Crippen LogP contribution in [-0.2, 0) is 6.42 Å². The second kappa shape index (κ2) is 6.17. The van der Waals surface area contributed by atoms with Gasteiger partial charge in [-0.25, -0.2) is 4.79 Å². The van der Waals surface area contributed by atoms with Gasteiger partial charge < -0.3 is 4.90 Å². The molecular formula is C18H24ClN3O. The summed E-state index contributed by atoms with van der Waals surface area (Å²) in [5.74, 6) is 0. The number of rotatable bonds is 3. The molecule has 0 bridgehead atoms. The second-order valence-corrected chi connectivity index (χ2v) is 6.53. The first-order valence-electron chi connectivity index (χ1n) is 8.34. The molecule has 0 spiro atoms. The van der Waals surface area contributed by atoms with E-state index in [1.807, 2.05) is 22.6 Å². The highest BCUT2D eigenvalue weighted by atomic mass is 35.5. The van der Waals surface area contributed by atoms with Crippen LogP contribution in [-0.4, -0.2) is 47.1 Å². The number of unbranched alkanes of at least 4 members (excludes halogenated alkanes) is 1. The molecule has 0 saturated carbocycles. The van der Waals surface area contributed by atoms with E-state index >= 15 is 0 Å². The number of benzene rings is 1. The first kappa shape index (κ1) is 16.3. The van der Waals surface area contributed by atoms with Crippen molar-refractivity contribution in [3.8, 4) is 0 Å². The lowest BCUT2D eigenvalue weighted by Gasteiger charge is -2.42. The quantitative estimate of drug-likeness (QED) is 0.857. The van der Waals surface area contributed by atoms with Gasteiger partial charge in [-0.3, -0.25) is 9.47 Å². The van der Waals surface area contributed by atoms with E-state index in [1.54, 1.807) is 0 Å². The first-order valence-corrected chi connectivity index (χ1v) is 8.34. The molecule has 1 atom stereocenters. The average molecular weight is 334 g/mol. The van der Waals surface area contributed by atoms with Gasteiger partial charge in [0.25, 0.3) is 0 Å². The van der Waals surface area contributed by atoms with Crippen LogP contribution < -0.4 is 0 Å². The fourth-order valence-corrected chi connectivity index (χ4v) is 4.07. The maximum Gasteiger partial charge on any atom is 0.328 e. The molecule has 0 N–H and O–H groups in total. The van der Waals surface area contributed by atoms with E-state index in [-0.39, 0.29) is 18.4 Å². The van der Waals surface area contributed by atoms with Gasteiger partial charge >= 0.3 is 6.03 Å². The third-order valence-corrected chi connectivity index (χ3v) is 5.19. The largest absolute Gasteiger partial charge is 0.328 e. The van der Waals surface area contributed by atoms with Crippen LogP contribution in [0.1, 0.15) is 37.1 Å². The SMILES string of the molecule is CCCCN1CCc2c3n(c4ccccc24)C(=O)N(C)CC31.Cl. The second-order valence-electron chi connectivity index (χ2n) is 6.53. The summed E-state index contributed by atoms with van der Waals surface area (Å²) < 4.78 is 1.97. The first-order chi connectivity index (χ1) is 10.7. The molecule has 3 heterocycles. The van der Waals surface area contributed by atoms with E-state index in [4.69, 9.17) is 0 Å². The van der Waals surface area contributed by atoms with E-state index in [0.29, 0.717) is 6.04 Å². The Morgan fingerprint density at radius 2 is 2.04 bits per heavy atom. The van der Waals surface area contributed by atoms with Crippen molar-refractivity contribution in [1.29, 1.82) is 0 Å². The van der Waals surface area contributed by atoms with Gasteiger partial charge in [0.2, 0.25) is 0 Å². The zero-order chi connectivity index (χ0) is 15.3. The normalized spacial score (nSPS) is 20.5. The molecule has 2 aromatic rings. The summed E-state index contributed by atoms with van der Waals surface area (Å²) in [6.07, 6.45) is 3.50. The Morgan fingerprint density at radius 3 is 2.83 bits per heavy atom. The van der Waals surface area contributed by atoms with Crippen LogP contribution in [0, 0.1) is 0 Å². The average Bonchev–Trinajstić information content (AvgIpc) is 2.87. The van der Waals surface area contributed by atoms with Crippen LogP contribution in [0.3, 0.4) is 0 Å². The molecule has 0 aliphatic carbocycles. The Hall–Kier alpha value is -1.52. The molecule has 0 saturated heterocycles. The molecule has 1 unspecified atom stereocenters. The van der Waals surface area contributed by atoms with Gasteiger partial charge in [-0.05, 0) is 31.0 Å². The van der Waals surface area contributed by atoms with Crippen molar-refractivity contribution in [3.05, 3.63) is 35.5 Å². The van der Waals surface area contributed by atoms with E-state index in [9.17, 15) is 4.79 Å². The number of aromatic nitrogens is 1. The van der Waals surface area contributed by atoms with Crippen molar-refractivity contribution >= 4 is 29.3 Å². The molecular weight excluding hydrogens is 310 g/mol. The van der Waals surface area contributed by atoms with E-state index in [0.717, 1.165) is 31.6 Å². The van der Waals surface area contributed by atoms with Crippen LogP contribution >= 0.6 is 12.4 Å². The summed E-state index contributed by atoms with van der Waals surface area (Å²) in [7, 11) is 1.92. The topological polar surface area (TPSA) is 28.5 Å². The van der Waals surface area contributed by atoms with Crippen molar-refractivity contribution in [2.75, 3.05) is 26.7 Å². The summed E-state index contributed by atoms with van der Waals surface area (Å²) >= 11 is 0. The molecule has 2 aliphatic rings. The Kier molecular flexibility index (Phi) is 4.39. The zero-order valence-corrected chi connectivity index (χ0v) is 14.6. The minimum Gasteiger partial charge on any atom is -0.325 e. The van der Waals surface area contributed by atoms with Gasteiger partial charge in [0.05, 0.1) is 17.3 Å². The third-order valence-electron chi connectivity index (χ3n) is 5.19. The maximum absolute atomic E-state index is 12.7. The standard InChI is InChI=1S/C18H23N3O.ClH/c1-3-4-10-20-11-9-14-13-7-5-6-8-15(13)21-17(14)16(20)12-19(2)18(21)22;/h5-8,16H,3-4,9-12H2,1-2H3;1H. The van der Waals surface area contributed by atoms with Crippen LogP contribution in [0.2, 0.25) is 0 Å². The van der Waals surface area contributed by atoms with Crippen molar-refractivity contribution in [2.24, 2.45) is 0 Å². The zero-order valence-electron chi connectivity index (χ0n) is 13.8. The van der Waals surface area contributed by atoms with Gasteiger partial charge in [-0.15, -0.1) is 12.4 Å². The minimum absolute atomic E-state index is 0. The molecule has 0 fully saturated rings. The minimum atomic E-state index is 0. The Labute approximate surface area is 143 Å². The summed E-state index contributed by atoms with van der Waals surface area (Å²) in [5, 5.41) is 1.27. The number of amides is 1. The van der Waals surface area contributed by atoms with Crippen molar-refractivity contribution < 1.29 is 4.79 Å². The number of carbonyl (C=O) groups is 1. The van der Waals surface area contributed by atoms with Crippen LogP contribution in [0.25, 0.3) is 10.9 Å². The number of para-hydroxylation sites is 1. The monoisotopic (exact) mass is 333 g/mol. The van der Waals surface area contributed by atoms with E-state index in [1.165, 1.54) is 29.5 Å². The van der Waals surface area contributed by atoms with E-state index < -0.39 is 0 Å². The number of halogens is 1. The lowest BCUT2D eigenvalue weighted by molar-refractivity contribution is 0.123. The van der Waals surface area contributed by atoms with E-state index in [2.05, 4.69) is 30.0 Å². The third kappa shape index (κ3) is 2.36. The smallest absolute Gasteiger partial charge is 0.325 e. The molecule has 23 heavy (non-hydrogen) atoms. The molecule has 4 nitrogen and oxygen atoms in total. The molecule has 2 aliphatic heterocycles. The summed E-state index contributed by atoms with van der Waals surface area (Å²) in [5.41, 5.74) is 3.73. The van der Waals surface area contributed by atoms with Gasteiger partial charge in [-0.2, -0.15) is 0 Å². The fourth-order valence-electron chi connectivity index (χ4n) is 4.07. The highest BCUT2D eigenvalue weighted by Gasteiger charge is 2.39. The number of hydrogen-bond donors (Lipinski definition) is 0. The number of nitrogens with zero attached hydrogens (tertiary/aromatic N) is 3. The Balaban J connectivity index is 0.00000156. The van der Waals surface area contributed by atoms with Gasteiger partial charge in [-0.1, -0.05) is 31.5 Å². The Bertz CT molecular complexity index is 739. The van der Waals surface area contributed by atoms with Crippen LogP contribution in [0.5, 0.6) is 0 Å². The lowest BCUT2D eigenvalue weighted by atomic mass is 9.95. The predicted octanol–water partition coefficient (Wildman–Crippen LogP) is 3.68. The van der Waals surface area contributed by atoms with Gasteiger partial charge in [0.15, 0.2) is 0 Å². The number of fused-ring (bicyclic) bond motifs is 3. The van der Waals surface area contributed by atoms with Crippen LogP contribution in [0.4, 0.5) is 4.79 Å². The van der Waals surface area contributed by atoms with Crippen molar-refractivity contribution in [3.63, 3.8) is 0 Å². The highest BCUT2D eigenvalue weighted by Crippen LogP contribution is 2.40. The summed E-state index contributed by atoms with van der Waals surface area (Å²) in [6.45, 7) is 5.28. The number of likely N-dealkylation sites (N-methyl/N-ethyl adjacent to an activating group) is 1.